The third-order valence-corrected chi connectivity index (χ3v) is 9.30. The highest BCUT2D eigenvalue weighted by molar-refractivity contribution is 7.15. The third kappa shape index (κ3) is 14.4. The second kappa shape index (κ2) is 22.7. The summed E-state index contributed by atoms with van der Waals surface area (Å²) in [5, 5.41) is 4.73. The number of rotatable bonds is 15. The SMILES string of the molecule is CCOC(=O)C[C@@H](Cc1ccc(-c2cccc(Cl)c2)cc1)NC(=O)c1cnc(OC)s1.CCOC(=O)C[C@H](N)Cc1ccc(-c2cccc(Cl)c2)cc1.Cl. The molecule has 1 aromatic heterocycles. The highest BCUT2D eigenvalue weighted by Crippen LogP contribution is 2.25. The summed E-state index contributed by atoms with van der Waals surface area (Å²) in [4.78, 5) is 40.5. The standard InChI is InChI=1S/C23H23ClN2O4S.C18H20ClNO2.ClH/c1-3-30-21(27)13-19(26-22(28)20-14-25-23(29-2)31-20)11-15-7-9-16(10-8-15)17-5-4-6-18(24)12-17;1-2-22-18(21)12-17(20)10-13-6-8-14(9-7-13)15-4-3-5-16(19)11-15;/h4-10,12,14,19H,3,11,13H2,1-2H3,(H,26,28);3-9,11,17H,2,10,12,20H2,1H3;1H/t19-;17-;/m11./s1. The zero-order chi connectivity index (χ0) is 38.2. The van der Waals surface area contributed by atoms with E-state index in [0.717, 1.165) is 49.7 Å². The predicted octanol–water partition coefficient (Wildman–Crippen LogP) is 9.02. The number of nitrogens with one attached hydrogen (secondary N) is 1. The van der Waals surface area contributed by atoms with Crippen LogP contribution >= 0.6 is 46.9 Å². The Labute approximate surface area is 336 Å². The summed E-state index contributed by atoms with van der Waals surface area (Å²) in [5.74, 6) is -0.901. The lowest BCUT2D eigenvalue weighted by molar-refractivity contribution is -0.144. The molecule has 9 nitrogen and oxygen atoms in total. The van der Waals surface area contributed by atoms with Crippen molar-refractivity contribution in [1.82, 2.24) is 10.3 Å². The second-order valence-corrected chi connectivity index (χ2v) is 13.8. The van der Waals surface area contributed by atoms with Crippen LogP contribution in [0, 0.1) is 0 Å². The molecule has 0 radical (unpaired) electrons. The maximum atomic E-state index is 12.6. The van der Waals surface area contributed by atoms with Gasteiger partial charge in [-0.25, -0.2) is 4.98 Å². The predicted molar refractivity (Wildman–Crippen MR) is 219 cm³/mol. The van der Waals surface area contributed by atoms with Crippen LogP contribution in [-0.4, -0.2) is 55.2 Å². The number of thiazole rings is 1. The lowest BCUT2D eigenvalue weighted by Gasteiger charge is -2.18. The summed E-state index contributed by atoms with van der Waals surface area (Å²) in [5.41, 5.74) is 12.3. The van der Waals surface area contributed by atoms with Gasteiger partial charge in [0.15, 0.2) is 0 Å². The van der Waals surface area contributed by atoms with Crippen molar-refractivity contribution in [3.05, 3.63) is 129 Å². The van der Waals surface area contributed by atoms with E-state index in [9.17, 15) is 14.4 Å². The Hall–Kier alpha value is -4.45. The Balaban J connectivity index is 0.000000301. The van der Waals surface area contributed by atoms with Gasteiger partial charge in [0.25, 0.3) is 11.1 Å². The maximum absolute atomic E-state index is 12.6. The minimum Gasteiger partial charge on any atom is -0.473 e. The lowest BCUT2D eigenvalue weighted by Crippen LogP contribution is -2.38. The second-order valence-electron chi connectivity index (χ2n) is 12.0. The molecule has 286 valence electrons. The number of carbonyl (C=O) groups excluding carboxylic acids is 3. The number of ether oxygens (including phenoxy) is 3. The van der Waals surface area contributed by atoms with Gasteiger partial charge in [0.1, 0.15) is 4.88 Å². The van der Waals surface area contributed by atoms with Crippen LogP contribution in [0.2, 0.25) is 10.0 Å². The molecule has 4 aromatic carbocycles. The van der Waals surface area contributed by atoms with Crippen molar-refractivity contribution in [3.63, 3.8) is 0 Å². The van der Waals surface area contributed by atoms with Crippen LogP contribution in [0.25, 0.3) is 22.3 Å². The molecule has 3 N–H and O–H groups in total. The Morgan fingerprint density at radius 3 is 1.70 bits per heavy atom. The maximum Gasteiger partial charge on any atom is 0.307 e. The van der Waals surface area contributed by atoms with Gasteiger partial charge in [0.2, 0.25) is 0 Å². The van der Waals surface area contributed by atoms with Crippen LogP contribution in [0.15, 0.2) is 103 Å². The summed E-state index contributed by atoms with van der Waals surface area (Å²) < 4.78 is 15.0. The first kappa shape index (κ1) is 44.0. The van der Waals surface area contributed by atoms with Crippen molar-refractivity contribution in [2.24, 2.45) is 5.73 Å². The van der Waals surface area contributed by atoms with Crippen molar-refractivity contribution >= 4 is 64.8 Å². The van der Waals surface area contributed by atoms with Crippen LogP contribution in [-0.2, 0) is 31.9 Å². The number of nitrogens with zero attached hydrogens (tertiary/aromatic N) is 1. The topological polar surface area (TPSA) is 130 Å². The molecule has 0 aliphatic rings. The van der Waals surface area contributed by atoms with Gasteiger partial charge in [0, 0.05) is 22.1 Å². The fourth-order valence-electron chi connectivity index (χ4n) is 5.41. The average molecular weight is 813 g/mol. The number of hydrogen-bond acceptors (Lipinski definition) is 9. The van der Waals surface area contributed by atoms with E-state index in [1.54, 1.807) is 13.8 Å². The molecular weight excluding hydrogens is 769 g/mol. The van der Waals surface area contributed by atoms with Crippen molar-refractivity contribution in [2.45, 2.75) is 51.6 Å². The number of carbonyl (C=O) groups is 3. The molecule has 2 atom stereocenters. The molecule has 1 heterocycles. The lowest BCUT2D eigenvalue weighted by atomic mass is 9.99. The molecule has 13 heteroatoms. The molecule has 0 fully saturated rings. The van der Waals surface area contributed by atoms with E-state index >= 15 is 0 Å². The first-order valence-corrected chi connectivity index (χ1v) is 18.7. The van der Waals surface area contributed by atoms with Gasteiger partial charge in [-0.05, 0) is 84.3 Å². The van der Waals surface area contributed by atoms with Crippen LogP contribution < -0.4 is 15.8 Å². The van der Waals surface area contributed by atoms with Crippen molar-refractivity contribution in [1.29, 1.82) is 0 Å². The van der Waals surface area contributed by atoms with Gasteiger partial charge in [-0.3, -0.25) is 14.4 Å². The van der Waals surface area contributed by atoms with Crippen molar-refractivity contribution < 1.29 is 28.6 Å². The summed E-state index contributed by atoms with van der Waals surface area (Å²) in [6.45, 7) is 4.22. The van der Waals surface area contributed by atoms with Gasteiger partial charge in [-0.15, -0.1) is 12.4 Å². The third-order valence-electron chi connectivity index (χ3n) is 7.87. The number of halogens is 3. The molecule has 0 aliphatic heterocycles. The molecule has 1 amide bonds. The number of hydrogen-bond donors (Lipinski definition) is 2. The van der Waals surface area contributed by atoms with Gasteiger partial charge < -0.3 is 25.3 Å². The Kier molecular flexibility index (Phi) is 18.5. The Morgan fingerprint density at radius 2 is 1.24 bits per heavy atom. The van der Waals surface area contributed by atoms with E-state index in [-0.39, 0.29) is 49.1 Å². The minimum atomic E-state index is -0.420. The van der Waals surface area contributed by atoms with Crippen LogP contribution in [0.5, 0.6) is 5.19 Å². The van der Waals surface area contributed by atoms with Gasteiger partial charge >= 0.3 is 11.9 Å². The summed E-state index contributed by atoms with van der Waals surface area (Å²) in [6, 6.07) is 30.8. The van der Waals surface area contributed by atoms with E-state index in [1.165, 1.54) is 13.3 Å². The number of methoxy groups -OCH3 is 1. The molecular formula is C41H44Cl3N3O6S. The van der Waals surface area contributed by atoms with Crippen LogP contribution in [0.3, 0.4) is 0 Å². The van der Waals surface area contributed by atoms with Gasteiger partial charge in [0.05, 0.1) is 39.4 Å². The Morgan fingerprint density at radius 1 is 0.741 bits per heavy atom. The average Bonchev–Trinajstić information content (AvgIpc) is 3.63. The highest BCUT2D eigenvalue weighted by Gasteiger charge is 2.21. The molecule has 0 saturated carbocycles. The van der Waals surface area contributed by atoms with E-state index in [4.69, 9.17) is 43.1 Å². The largest absolute Gasteiger partial charge is 0.473 e. The number of amides is 1. The highest BCUT2D eigenvalue weighted by atomic mass is 35.5. The van der Waals surface area contributed by atoms with E-state index in [1.807, 2.05) is 97.1 Å². The number of aromatic nitrogens is 1. The van der Waals surface area contributed by atoms with Crippen LogP contribution in [0.1, 0.15) is 47.5 Å². The van der Waals surface area contributed by atoms with E-state index < -0.39 is 6.04 Å². The quantitative estimate of drug-likeness (QED) is 0.100. The molecule has 5 rings (SSSR count). The zero-order valence-corrected chi connectivity index (χ0v) is 33.4. The van der Waals surface area contributed by atoms with E-state index in [2.05, 4.69) is 10.3 Å². The first-order valence-electron chi connectivity index (χ1n) is 17.1. The smallest absolute Gasteiger partial charge is 0.307 e. The number of benzene rings is 4. The molecule has 0 bridgehead atoms. The number of nitrogens with two attached hydrogens (primary N) is 1. The normalized spacial score (nSPS) is 11.5. The summed E-state index contributed by atoms with van der Waals surface area (Å²) in [6.07, 6.45) is 2.90. The van der Waals surface area contributed by atoms with Gasteiger partial charge in [-0.1, -0.05) is 107 Å². The minimum absolute atomic E-state index is 0. The fraction of sp³-hybridized carbons (Fsp3) is 0.268. The first-order chi connectivity index (χ1) is 25.6. The molecule has 0 aliphatic carbocycles. The van der Waals surface area contributed by atoms with E-state index in [0.29, 0.717) is 41.1 Å². The summed E-state index contributed by atoms with van der Waals surface area (Å²) in [7, 11) is 1.50. The zero-order valence-electron chi connectivity index (χ0n) is 30.3. The molecule has 5 aromatic rings. The Bertz CT molecular complexity index is 1940. The van der Waals surface area contributed by atoms with Gasteiger partial charge in [-0.2, -0.15) is 0 Å². The van der Waals surface area contributed by atoms with Crippen molar-refractivity contribution in [2.75, 3.05) is 20.3 Å². The molecule has 0 spiro atoms. The van der Waals surface area contributed by atoms with Crippen LogP contribution in [0.4, 0.5) is 0 Å². The molecule has 54 heavy (non-hydrogen) atoms. The molecule has 0 saturated heterocycles. The summed E-state index contributed by atoms with van der Waals surface area (Å²) >= 11 is 13.2. The monoisotopic (exact) mass is 811 g/mol. The van der Waals surface area contributed by atoms with Crippen molar-refractivity contribution in [3.8, 4) is 27.4 Å². The molecule has 0 unspecified atom stereocenters. The number of esters is 2. The fourth-order valence-corrected chi connectivity index (χ4v) is 6.42.